The number of benzene rings is 2. The maximum atomic E-state index is 12.7. The fourth-order valence-electron chi connectivity index (χ4n) is 2.78. The highest BCUT2D eigenvalue weighted by molar-refractivity contribution is 6.31. The zero-order valence-electron chi connectivity index (χ0n) is 15.6. The van der Waals surface area contributed by atoms with Crippen molar-refractivity contribution in [3.63, 3.8) is 0 Å². The van der Waals surface area contributed by atoms with Gasteiger partial charge in [0, 0.05) is 17.2 Å². The molecule has 0 atom stereocenters. The molecule has 0 bridgehead atoms. The van der Waals surface area contributed by atoms with Crippen LogP contribution in [0.4, 0.5) is 5.69 Å². The van der Waals surface area contributed by atoms with Crippen molar-refractivity contribution in [1.82, 2.24) is 0 Å². The number of Topliss-reactive ketones (excluding diaryl/α,β-unsaturated/α-hetero) is 1. The van der Waals surface area contributed by atoms with Crippen LogP contribution < -0.4 is 4.74 Å². The van der Waals surface area contributed by atoms with E-state index in [0.717, 1.165) is 0 Å². The lowest BCUT2D eigenvalue weighted by Gasteiger charge is -2.08. The number of carbonyl (C=O) groups excluding carboxylic acids is 1. The first kappa shape index (κ1) is 20.2. The van der Waals surface area contributed by atoms with Gasteiger partial charge in [0.05, 0.1) is 22.6 Å². The van der Waals surface area contributed by atoms with Gasteiger partial charge >= 0.3 is 5.69 Å². The van der Waals surface area contributed by atoms with Gasteiger partial charge < -0.3 is 4.74 Å². The first-order valence-corrected chi connectivity index (χ1v) is 9.17. The third-order valence-electron chi connectivity index (χ3n) is 4.28. The van der Waals surface area contributed by atoms with Crippen LogP contribution >= 0.6 is 11.6 Å². The summed E-state index contributed by atoms with van der Waals surface area (Å²) < 4.78 is 4.99. The molecule has 6 heteroatoms. The van der Waals surface area contributed by atoms with E-state index in [1.54, 1.807) is 30.4 Å². The lowest BCUT2D eigenvalue weighted by atomic mass is 9.93. The molecule has 0 fully saturated rings. The molecule has 0 radical (unpaired) electrons. The normalized spacial score (nSPS) is 13.0. The number of ether oxygens (including phenoxy) is 1. The van der Waals surface area contributed by atoms with Gasteiger partial charge in [-0.25, -0.2) is 0 Å². The van der Waals surface area contributed by atoms with Crippen molar-refractivity contribution in [2.24, 2.45) is 0 Å². The quantitative estimate of drug-likeness (QED) is 0.233. The Balaban J connectivity index is 1.88. The van der Waals surface area contributed by atoms with E-state index in [-0.39, 0.29) is 17.2 Å². The number of allylic oxidation sites excluding steroid dienone is 3. The topological polar surface area (TPSA) is 69.4 Å². The highest BCUT2D eigenvalue weighted by Crippen LogP contribution is 2.28. The molecule has 0 heterocycles. The van der Waals surface area contributed by atoms with E-state index in [1.807, 2.05) is 12.1 Å². The van der Waals surface area contributed by atoms with E-state index < -0.39 is 4.92 Å². The van der Waals surface area contributed by atoms with E-state index in [4.69, 9.17) is 16.3 Å². The molecule has 3 rings (SSSR count). The molecular weight excluding hydrogens is 390 g/mol. The first-order valence-electron chi connectivity index (χ1n) is 8.79. The number of methoxy groups -OCH3 is 1. The molecular formula is C23H16ClNO4. The summed E-state index contributed by atoms with van der Waals surface area (Å²) in [6.45, 7) is 0. The van der Waals surface area contributed by atoms with Crippen molar-refractivity contribution in [3.8, 4) is 17.6 Å². The number of hydrogen-bond donors (Lipinski definition) is 0. The SMILES string of the molecule is COc1ccc(C=C=C2CCC=C(C#Cc3ccccc3Cl)C2=O)cc1[N+](=O)[O-]. The third kappa shape index (κ3) is 4.83. The van der Waals surface area contributed by atoms with Gasteiger partial charge in [-0.15, -0.1) is 5.73 Å². The zero-order chi connectivity index (χ0) is 20.8. The molecule has 2 aromatic rings. The fourth-order valence-corrected chi connectivity index (χ4v) is 2.97. The Morgan fingerprint density at radius 2 is 2.00 bits per heavy atom. The van der Waals surface area contributed by atoms with Gasteiger partial charge in [0.25, 0.3) is 0 Å². The average molecular weight is 406 g/mol. The lowest BCUT2D eigenvalue weighted by Crippen LogP contribution is -2.09. The minimum absolute atomic E-state index is 0.144. The van der Waals surface area contributed by atoms with Crippen LogP contribution in [0.5, 0.6) is 5.75 Å². The number of nitro groups is 1. The third-order valence-corrected chi connectivity index (χ3v) is 4.61. The van der Waals surface area contributed by atoms with Crippen LogP contribution in [0.1, 0.15) is 24.0 Å². The van der Waals surface area contributed by atoms with Gasteiger partial charge in [-0.05, 0) is 42.7 Å². The number of rotatable bonds is 3. The predicted octanol–water partition coefficient (Wildman–Crippen LogP) is 5.14. The van der Waals surface area contributed by atoms with Crippen molar-refractivity contribution >= 4 is 29.1 Å². The van der Waals surface area contributed by atoms with Gasteiger partial charge in [0.2, 0.25) is 5.78 Å². The van der Waals surface area contributed by atoms with Crippen LogP contribution in [0.2, 0.25) is 5.02 Å². The van der Waals surface area contributed by atoms with Gasteiger partial charge in [-0.3, -0.25) is 14.9 Å². The van der Waals surface area contributed by atoms with Crippen LogP contribution in [-0.4, -0.2) is 17.8 Å². The Bertz CT molecular complexity index is 1140. The lowest BCUT2D eigenvalue weighted by molar-refractivity contribution is -0.385. The standard InChI is InChI=1S/C23H16ClNO4/c1-29-22-14-10-16(15-21(22)25(27)28)9-11-18-6-4-7-19(23(18)26)13-12-17-5-2-3-8-20(17)24/h2-3,5,7-10,14-15H,4,6H2,1H3. The van der Waals surface area contributed by atoms with E-state index in [9.17, 15) is 14.9 Å². The molecule has 0 N–H and O–H groups in total. The summed E-state index contributed by atoms with van der Waals surface area (Å²) in [5, 5.41) is 11.7. The molecule has 29 heavy (non-hydrogen) atoms. The molecule has 1 aliphatic rings. The number of carbonyl (C=O) groups is 1. The van der Waals surface area contributed by atoms with Crippen LogP contribution in [-0.2, 0) is 4.79 Å². The maximum absolute atomic E-state index is 12.7. The number of halogens is 1. The van der Waals surface area contributed by atoms with Gasteiger partial charge in [0.1, 0.15) is 0 Å². The Morgan fingerprint density at radius 1 is 1.21 bits per heavy atom. The van der Waals surface area contributed by atoms with E-state index in [1.165, 1.54) is 19.2 Å². The van der Waals surface area contributed by atoms with Crippen molar-refractivity contribution in [2.75, 3.05) is 7.11 Å². The molecule has 0 spiro atoms. The summed E-state index contributed by atoms with van der Waals surface area (Å²) in [5.41, 5.74) is 4.91. The van der Waals surface area contributed by atoms with E-state index in [0.29, 0.717) is 40.1 Å². The molecule has 0 saturated heterocycles. The van der Waals surface area contributed by atoms with E-state index >= 15 is 0 Å². The Morgan fingerprint density at radius 3 is 2.72 bits per heavy atom. The van der Waals surface area contributed by atoms with Crippen LogP contribution in [0.15, 0.2) is 65.4 Å². The minimum Gasteiger partial charge on any atom is -0.490 e. The average Bonchev–Trinajstić information content (AvgIpc) is 2.73. The second kappa shape index (κ2) is 9.07. The summed E-state index contributed by atoms with van der Waals surface area (Å²) in [7, 11) is 1.37. The van der Waals surface area contributed by atoms with Crippen LogP contribution in [0.3, 0.4) is 0 Å². The molecule has 0 amide bonds. The van der Waals surface area contributed by atoms with Gasteiger partial charge in [-0.1, -0.05) is 47.7 Å². The number of hydrogen-bond acceptors (Lipinski definition) is 4. The minimum atomic E-state index is -0.514. The van der Waals surface area contributed by atoms with Gasteiger partial charge in [0.15, 0.2) is 5.75 Å². The summed E-state index contributed by atoms with van der Waals surface area (Å²) in [4.78, 5) is 23.3. The monoisotopic (exact) mass is 405 g/mol. The fraction of sp³-hybridized carbons (Fsp3) is 0.130. The van der Waals surface area contributed by atoms with Gasteiger partial charge in [-0.2, -0.15) is 0 Å². The highest BCUT2D eigenvalue weighted by Gasteiger charge is 2.18. The summed E-state index contributed by atoms with van der Waals surface area (Å²) in [6.07, 6.45) is 4.56. The molecule has 0 saturated carbocycles. The number of ketones is 1. The van der Waals surface area contributed by atoms with Crippen molar-refractivity contribution in [2.45, 2.75) is 12.8 Å². The Labute approximate surface area is 173 Å². The molecule has 0 unspecified atom stereocenters. The molecule has 0 aromatic heterocycles. The zero-order valence-corrected chi connectivity index (χ0v) is 16.3. The van der Waals surface area contributed by atoms with Crippen molar-refractivity contribution in [1.29, 1.82) is 0 Å². The summed E-state index contributed by atoms with van der Waals surface area (Å²) in [6, 6.07) is 11.7. The van der Waals surface area contributed by atoms with Crippen LogP contribution in [0.25, 0.3) is 6.08 Å². The van der Waals surface area contributed by atoms with Crippen molar-refractivity contribution in [3.05, 3.63) is 91.7 Å². The second-order valence-electron chi connectivity index (χ2n) is 6.17. The summed E-state index contributed by atoms with van der Waals surface area (Å²) in [5.74, 6) is 5.80. The maximum Gasteiger partial charge on any atom is 0.311 e. The Kier molecular flexibility index (Phi) is 6.31. The smallest absolute Gasteiger partial charge is 0.311 e. The first-order chi connectivity index (χ1) is 14.0. The second-order valence-corrected chi connectivity index (χ2v) is 6.58. The number of nitrogens with zero attached hydrogens (tertiary/aromatic N) is 1. The Hall–Kier alpha value is -3.58. The summed E-state index contributed by atoms with van der Waals surface area (Å²) >= 11 is 6.09. The number of nitro benzene ring substituents is 1. The largest absolute Gasteiger partial charge is 0.490 e. The van der Waals surface area contributed by atoms with Crippen LogP contribution in [0, 0.1) is 22.0 Å². The molecule has 144 valence electrons. The van der Waals surface area contributed by atoms with Crippen molar-refractivity contribution < 1.29 is 14.5 Å². The predicted molar refractivity (Wildman–Crippen MR) is 112 cm³/mol. The van der Waals surface area contributed by atoms with E-state index in [2.05, 4.69) is 17.6 Å². The molecule has 1 aliphatic carbocycles. The molecule has 5 nitrogen and oxygen atoms in total. The molecule has 2 aromatic carbocycles. The molecule has 0 aliphatic heterocycles. The highest BCUT2D eigenvalue weighted by atomic mass is 35.5.